The highest BCUT2D eigenvalue weighted by Crippen LogP contribution is 2.30. The Kier molecular flexibility index (Phi) is 5.84. The number of benzene rings is 2. The first-order chi connectivity index (χ1) is 12.3. The van der Waals surface area contributed by atoms with E-state index in [0.29, 0.717) is 12.0 Å². The summed E-state index contributed by atoms with van der Waals surface area (Å²) in [5.41, 5.74) is 3.43. The summed E-state index contributed by atoms with van der Waals surface area (Å²) in [5.74, 6) is 0. The first kappa shape index (κ1) is 19.1. The van der Waals surface area contributed by atoms with Crippen LogP contribution in [0.1, 0.15) is 27.1 Å². The van der Waals surface area contributed by atoms with Crippen molar-refractivity contribution in [1.29, 1.82) is 0 Å². The van der Waals surface area contributed by atoms with Crippen molar-refractivity contribution >= 4 is 55.2 Å². The summed E-state index contributed by atoms with van der Waals surface area (Å²) in [5, 5.41) is 0. The fraction of sp³-hybridized carbons (Fsp3) is 0.105. The molecule has 3 aromatic rings. The van der Waals surface area contributed by atoms with E-state index < -0.39 is 10.1 Å². The summed E-state index contributed by atoms with van der Waals surface area (Å²) in [6.07, 6.45) is 4.60. The van der Waals surface area contributed by atoms with Gasteiger partial charge >= 0.3 is 0 Å². The van der Waals surface area contributed by atoms with Crippen LogP contribution in [-0.2, 0) is 16.5 Å². The van der Waals surface area contributed by atoms with Crippen LogP contribution in [-0.4, -0.2) is 13.0 Å². The van der Waals surface area contributed by atoms with Gasteiger partial charge in [-0.05, 0) is 35.8 Å². The van der Waals surface area contributed by atoms with Gasteiger partial charge in [0.15, 0.2) is 0 Å². The van der Waals surface area contributed by atoms with Crippen molar-refractivity contribution in [3.8, 4) is 0 Å². The lowest BCUT2D eigenvalue weighted by Crippen LogP contribution is -2.02. The maximum atomic E-state index is 11.5. The Morgan fingerprint density at radius 3 is 2.50 bits per heavy atom. The van der Waals surface area contributed by atoms with Crippen molar-refractivity contribution < 1.29 is 13.0 Å². The van der Waals surface area contributed by atoms with E-state index in [1.807, 2.05) is 48.6 Å². The quantitative estimate of drug-likeness (QED) is 0.319. The Morgan fingerprint density at radius 2 is 1.81 bits per heavy atom. The van der Waals surface area contributed by atoms with E-state index in [-0.39, 0.29) is 4.90 Å². The maximum Gasteiger partial charge on any atom is 0.294 e. The lowest BCUT2D eigenvalue weighted by molar-refractivity contribution is 0.482. The SMILES string of the molecule is Cc1ccc(Cc2c(C=Cc3ccccc3)ssc2=S)cc1S(=O)(=O)O. The molecule has 0 aliphatic carbocycles. The lowest BCUT2D eigenvalue weighted by Gasteiger charge is -2.06. The van der Waals surface area contributed by atoms with Crippen molar-refractivity contribution in [2.75, 3.05) is 0 Å². The van der Waals surface area contributed by atoms with Crippen LogP contribution in [0.15, 0.2) is 53.4 Å². The fourth-order valence-corrected chi connectivity index (χ4v) is 6.05. The second-order valence-electron chi connectivity index (χ2n) is 5.79. The smallest absolute Gasteiger partial charge is 0.282 e. The maximum absolute atomic E-state index is 11.5. The van der Waals surface area contributed by atoms with Gasteiger partial charge < -0.3 is 0 Å². The Labute approximate surface area is 165 Å². The highest BCUT2D eigenvalue weighted by Gasteiger charge is 2.15. The van der Waals surface area contributed by atoms with Gasteiger partial charge in [-0.3, -0.25) is 4.55 Å². The van der Waals surface area contributed by atoms with Gasteiger partial charge in [0.25, 0.3) is 10.1 Å². The molecule has 3 nitrogen and oxygen atoms in total. The average molecular weight is 421 g/mol. The van der Waals surface area contributed by atoms with Crippen molar-refractivity contribution in [2.45, 2.75) is 18.2 Å². The standard InChI is InChI=1S/C19H16O3S4/c1-13-7-8-15(12-18(13)26(20,21)22)11-16-17(24-25-19(16)23)10-9-14-5-3-2-4-6-14/h2-10,12H,11H2,1H3,(H,20,21,22). The average Bonchev–Trinajstić information content (AvgIpc) is 2.95. The molecule has 3 rings (SSSR count). The van der Waals surface area contributed by atoms with Crippen LogP contribution in [0, 0.1) is 10.7 Å². The molecule has 26 heavy (non-hydrogen) atoms. The molecule has 1 N–H and O–H groups in total. The molecule has 2 aromatic carbocycles. The molecule has 0 aliphatic heterocycles. The van der Waals surface area contributed by atoms with E-state index in [9.17, 15) is 13.0 Å². The van der Waals surface area contributed by atoms with E-state index >= 15 is 0 Å². The van der Waals surface area contributed by atoms with Crippen LogP contribution in [0.5, 0.6) is 0 Å². The van der Waals surface area contributed by atoms with E-state index in [0.717, 1.165) is 25.4 Å². The highest BCUT2D eigenvalue weighted by atomic mass is 32.9. The molecule has 0 amide bonds. The van der Waals surface area contributed by atoms with E-state index in [1.165, 1.54) is 16.4 Å². The topological polar surface area (TPSA) is 54.4 Å². The summed E-state index contributed by atoms with van der Waals surface area (Å²) in [6.45, 7) is 1.66. The van der Waals surface area contributed by atoms with Crippen LogP contribution in [0.4, 0.5) is 0 Å². The van der Waals surface area contributed by atoms with Crippen LogP contribution < -0.4 is 0 Å². The first-order valence-corrected chi connectivity index (χ1v) is 11.8. The van der Waals surface area contributed by atoms with Crippen molar-refractivity contribution in [1.82, 2.24) is 0 Å². The highest BCUT2D eigenvalue weighted by molar-refractivity contribution is 7.85. The Balaban J connectivity index is 1.93. The van der Waals surface area contributed by atoms with Crippen LogP contribution in [0.2, 0.25) is 0 Å². The molecule has 0 radical (unpaired) electrons. The minimum atomic E-state index is -4.24. The minimum Gasteiger partial charge on any atom is -0.282 e. The second kappa shape index (κ2) is 7.94. The zero-order valence-electron chi connectivity index (χ0n) is 13.9. The molecule has 0 spiro atoms. The van der Waals surface area contributed by atoms with Crippen LogP contribution >= 0.6 is 32.9 Å². The second-order valence-corrected chi connectivity index (χ2v) is 10.0. The normalized spacial score (nSPS) is 11.9. The van der Waals surface area contributed by atoms with Gasteiger partial charge in [-0.25, -0.2) is 0 Å². The molecular formula is C19H16O3S4. The van der Waals surface area contributed by atoms with Gasteiger partial charge in [-0.1, -0.05) is 81.4 Å². The molecule has 0 aliphatic rings. The largest absolute Gasteiger partial charge is 0.294 e. The van der Waals surface area contributed by atoms with Gasteiger partial charge in [0.1, 0.15) is 3.82 Å². The first-order valence-electron chi connectivity index (χ1n) is 7.77. The van der Waals surface area contributed by atoms with Gasteiger partial charge in [0.05, 0.1) is 4.90 Å². The molecule has 0 fully saturated rings. The van der Waals surface area contributed by atoms with Gasteiger partial charge in [0, 0.05) is 16.9 Å². The molecule has 134 valence electrons. The summed E-state index contributed by atoms with van der Waals surface area (Å²) in [6, 6.07) is 15.1. The molecule has 1 aromatic heterocycles. The van der Waals surface area contributed by atoms with Crippen LogP contribution in [0.3, 0.4) is 0 Å². The molecule has 1 heterocycles. The predicted octanol–water partition coefficient (Wildman–Crippen LogP) is 5.86. The molecule has 0 saturated carbocycles. The van der Waals surface area contributed by atoms with Crippen LogP contribution in [0.25, 0.3) is 12.2 Å². The predicted molar refractivity (Wildman–Crippen MR) is 112 cm³/mol. The summed E-state index contributed by atoms with van der Waals surface area (Å²) < 4.78 is 33.2. The fourth-order valence-electron chi connectivity index (χ4n) is 2.54. The van der Waals surface area contributed by atoms with Crippen molar-refractivity contribution in [2.24, 2.45) is 0 Å². The Morgan fingerprint density at radius 1 is 1.08 bits per heavy atom. The van der Waals surface area contributed by atoms with Crippen molar-refractivity contribution in [3.63, 3.8) is 0 Å². The number of hydrogen-bond donors (Lipinski definition) is 1. The van der Waals surface area contributed by atoms with Gasteiger partial charge in [-0.15, -0.1) is 0 Å². The summed E-state index contributed by atoms with van der Waals surface area (Å²) >= 11 is 5.46. The van der Waals surface area contributed by atoms with Crippen molar-refractivity contribution in [3.05, 3.63) is 79.5 Å². The lowest BCUT2D eigenvalue weighted by atomic mass is 10.0. The number of rotatable bonds is 5. The molecule has 0 atom stereocenters. The van der Waals surface area contributed by atoms with E-state index in [1.54, 1.807) is 23.3 Å². The minimum absolute atomic E-state index is 0.0544. The summed E-state index contributed by atoms with van der Waals surface area (Å²) in [4.78, 5) is 1.01. The molecule has 0 unspecified atom stereocenters. The molecule has 7 heteroatoms. The Bertz CT molecular complexity index is 1110. The monoisotopic (exact) mass is 420 g/mol. The molecule has 0 bridgehead atoms. The Hall–Kier alpha value is -1.64. The zero-order valence-corrected chi connectivity index (χ0v) is 17.1. The summed E-state index contributed by atoms with van der Waals surface area (Å²) in [7, 11) is -1.09. The van der Waals surface area contributed by atoms with E-state index in [2.05, 4.69) is 0 Å². The van der Waals surface area contributed by atoms with Gasteiger partial charge in [-0.2, -0.15) is 8.42 Å². The van der Waals surface area contributed by atoms with Gasteiger partial charge in [0.2, 0.25) is 0 Å². The molecular weight excluding hydrogens is 404 g/mol. The number of hydrogen-bond acceptors (Lipinski definition) is 5. The number of aryl methyl sites for hydroxylation is 1. The molecule has 0 saturated heterocycles. The zero-order chi connectivity index (χ0) is 18.7. The van der Waals surface area contributed by atoms with E-state index in [4.69, 9.17) is 12.2 Å². The third-order valence-corrected chi connectivity index (χ3v) is 8.03. The third kappa shape index (κ3) is 4.55. The third-order valence-electron chi connectivity index (χ3n) is 3.89.